The van der Waals surface area contributed by atoms with E-state index in [-0.39, 0.29) is 0 Å². The zero-order valence-corrected chi connectivity index (χ0v) is 18.7. The Labute approximate surface area is 194 Å². The van der Waals surface area contributed by atoms with Crippen molar-refractivity contribution < 1.29 is 24.1 Å². The van der Waals surface area contributed by atoms with Gasteiger partial charge in [-0.1, -0.05) is 61.5 Å². The molecule has 0 radical (unpaired) electrons. The van der Waals surface area contributed by atoms with Crippen molar-refractivity contribution in [2.75, 3.05) is 13.2 Å². The van der Waals surface area contributed by atoms with E-state index in [0.717, 1.165) is 45.7 Å². The van der Waals surface area contributed by atoms with E-state index < -0.39 is 12.1 Å². The number of ether oxygens (including phenoxy) is 3. The monoisotopic (exact) mass is 444 g/mol. The van der Waals surface area contributed by atoms with Crippen molar-refractivity contribution in [3.05, 3.63) is 101 Å². The maximum atomic E-state index is 11.4. The molecule has 1 N–H and O–H groups in total. The first-order valence-corrected chi connectivity index (χ1v) is 11.2. The van der Waals surface area contributed by atoms with Crippen LogP contribution in [0.2, 0.25) is 0 Å². The Morgan fingerprint density at radius 3 is 2.52 bits per heavy atom. The van der Waals surface area contributed by atoms with Crippen molar-refractivity contribution in [2.24, 2.45) is 0 Å². The zero-order chi connectivity index (χ0) is 23.0. The first kappa shape index (κ1) is 22.6. The normalized spacial score (nSPS) is 14.5. The summed E-state index contributed by atoms with van der Waals surface area (Å²) in [5, 5.41) is 9.35. The molecule has 0 spiro atoms. The molecule has 0 fully saturated rings. The molecule has 1 aliphatic rings. The molecule has 3 aromatic carbocycles. The number of para-hydroxylation sites is 1. The average Bonchev–Trinajstić information content (AvgIpc) is 3.00. The van der Waals surface area contributed by atoms with Crippen LogP contribution in [-0.4, -0.2) is 30.4 Å². The van der Waals surface area contributed by atoms with Gasteiger partial charge < -0.3 is 19.3 Å². The Balaban J connectivity index is 1.47. The molecule has 0 aliphatic carbocycles. The molecule has 1 aliphatic heterocycles. The van der Waals surface area contributed by atoms with Crippen molar-refractivity contribution in [3.63, 3.8) is 0 Å². The summed E-state index contributed by atoms with van der Waals surface area (Å²) < 4.78 is 17.4. The quantitative estimate of drug-likeness (QED) is 0.471. The van der Waals surface area contributed by atoms with E-state index >= 15 is 0 Å². The summed E-state index contributed by atoms with van der Waals surface area (Å²) >= 11 is 0. The molecule has 0 bridgehead atoms. The molecule has 170 valence electrons. The smallest absolute Gasteiger partial charge is 0.333 e. The lowest BCUT2D eigenvalue weighted by Gasteiger charge is -2.14. The Kier molecular flexibility index (Phi) is 7.43. The van der Waals surface area contributed by atoms with Crippen LogP contribution in [0.4, 0.5) is 0 Å². The average molecular weight is 445 g/mol. The topological polar surface area (TPSA) is 65.0 Å². The van der Waals surface area contributed by atoms with Crippen molar-refractivity contribution in [1.82, 2.24) is 0 Å². The molecule has 1 heterocycles. The number of fused-ring (bicyclic) bond motifs is 2. The Hall–Kier alpha value is -3.57. The predicted molar refractivity (Wildman–Crippen MR) is 128 cm³/mol. The molecule has 5 nitrogen and oxygen atoms in total. The van der Waals surface area contributed by atoms with E-state index in [1.165, 1.54) is 0 Å². The third-order valence-corrected chi connectivity index (χ3v) is 5.55. The zero-order valence-electron chi connectivity index (χ0n) is 18.7. The molecule has 1 atom stereocenters. The summed E-state index contributed by atoms with van der Waals surface area (Å²) in [6.07, 6.45) is 2.36. The van der Waals surface area contributed by atoms with Crippen LogP contribution in [0.25, 0.3) is 5.57 Å². The Morgan fingerprint density at radius 1 is 1.03 bits per heavy atom. The number of hydrogen-bond acceptors (Lipinski definition) is 4. The largest absolute Gasteiger partial charge is 0.490 e. The van der Waals surface area contributed by atoms with Gasteiger partial charge in [0.25, 0.3) is 0 Å². The van der Waals surface area contributed by atoms with E-state index in [2.05, 4.69) is 24.3 Å². The highest BCUT2D eigenvalue weighted by molar-refractivity contribution is 5.85. The van der Waals surface area contributed by atoms with Crippen molar-refractivity contribution >= 4 is 11.5 Å². The highest BCUT2D eigenvalue weighted by Gasteiger charge is 2.19. The molecule has 1 unspecified atom stereocenters. The number of rotatable bonds is 9. The van der Waals surface area contributed by atoms with Gasteiger partial charge in [-0.15, -0.1) is 0 Å². The first-order valence-electron chi connectivity index (χ1n) is 11.2. The summed E-state index contributed by atoms with van der Waals surface area (Å²) in [4.78, 5) is 11.4. The number of carboxylic acid groups (broad SMARTS) is 1. The third kappa shape index (κ3) is 5.62. The highest BCUT2D eigenvalue weighted by atomic mass is 16.5. The molecule has 0 amide bonds. The molecular formula is C28H28O5. The van der Waals surface area contributed by atoms with Crippen molar-refractivity contribution in [1.29, 1.82) is 0 Å². The van der Waals surface area contributed by atoms with E-state index in [4.69, 9.17) is 14.2 Å². The summed E-state index contributed by atoms with van der Waals surface area (Å²) in [6, 6.07) is 23.8. The third-order valence-electron chi connectivity index (χ3n) is 5.55. The molecule has 0 saturated carbocycles. The predicted octanol–water partition coefficient (Wildman–Crippen LogP) is 5.51. The minimum atomic E-state index is -0.941. The molecule has 5 heteroatoms. The second-order valence-electron chi connectivity index (χ2n) is 7.92. The maximum Gasteiger partial charge on any atom is 0.333 e. The summed E-state index contributed by atoms with van der Waals surface area (Å²) in [5.74, 6) is 0.648. The summed E-state index contributed by atoms with van der Waals surface area (Å²) in [7, 11) is 0. The van der Waals surface area contributed by atoms with Gasteiger partial charge in [0.2, 0.25) is 0 Å². The molecule has 0 aromatic heterocycles. The molecule has 4 rings (SSSR count). The fourth-order valence-electron chi connectivity index (χ4n) is 3.88. The molecule has 33 heavy (non-hydrogen) atoms. The van der Waals surface area contributed by atoms with Crippen LogP contribution in [-0.2, 0) is 22.6 Å². The number of carbonyl (C=O) groups is 1. The number of aliphatic carboxylic acids is 1. The van der Waals surface area contributed by atoms with Crippen LogP contribution < -0.4 is 9.47 Å². The van der Waals surface area contributed by atoms with Crippen LogP contribution in [0.3, 0.4) is 0 Å². The highest BCUT2D eigenvalue weighted by Crippen LogP contribution is 2.36. The second kappa shape index (κ2) is 10.8. The number of hydrogen-bond donors (Lipinski definition) is 1. The van der Waals surface area contributed by atoms with Gasteiger partial charge in [-0.2, -0.15) is 0 Å². The van der Waals surface area contributed by atoms with Crippen molar-refractivity contribution in [2.45, 2.75) is 32.5 Å². The van der Waals surface area contributed by atoms with E-state index in [0.29, 0.717) is 26.2 Å². The molecule has 0 saturated heterocycles. The summed E-state index contributed by atoms with van der Waals surface area (Å²) in [5.41, 5.74) is 5.32. The fourth-order valence-corrected chi connectivity index (χ4v) is 3.88. The van der Waals surface area contributed by atoms with Gasteiger partial charge in [0.15, 0.2) is 6.10 Å². The van der Waals surface area contributed by atoms with Crippen LogP contribution >= 0.6 is 0 Å². The van der Waals surface area contributed by atoms with Crippen molar-refractivity contribution in [3.8, 4) is 11.5 Å². The lowest BCUT2D eigenvalue weighted by Crippen LogP contribution is -2.26. The van der Waals surface area contributed by atoms with Crippen LogP contribution in [0, 0.1) is 0 Å². The SMILES string of the molecule is CCCOC(Cc1ccc(OCC=C2c3ccccc3COc3ccccc32)cc1)C(=O)O. The fraction of sp³-hybridized carbons (Fsp3) is 0.250. The standard InChI is InChI=1S/C28H28O5/c1-2-16-32-27(28(29)30)18-20-11-13-22(14-12-20)31-17-15-24-23-8-4-3-7-21(23)19-33-26-10-6-5-9-25(24)26/h3-15,27H,2,16-19H2,1H3,(H,29,30). The van der Waals surface area contributed by atoms with Gasteiger partial charge in [0.1, 0.15) is 24.7 Å². The van der Waals surface area contributed by atoms with E-state index in [9.17, 15) is 9.90 Å². The van der Waals surface area contributed by atoms with Gasteiger partial charge >= 0.3 is 5.97 Å². The van der Waals surface area contributed by atoms with E-state index in [1.807, 2.05) is 61.5 Å². The maximum absolute atomic E-state index is 11.4. The molecular weight excluding hydrogens is 416 g/mol. The van der Waals surface area contributed by atoms with E-state index in [1.54, 1.807) is 0 Å². The Bertz CT molecular complexity index is 1070. The number of carboxylic acids is 1. The first-order chi connectivity index (χ1) is 16.2. The van der Waals surface area contributed by atoms with Gasteiger partial charge in [0, 0.05) is 18.6 Å². The van der Waals surface area contributed by atoms with Crippen LogP contribution in [0.5, 0.6) is 11.5 Å². The lowest BCUT2D eigenvalue weighted by atomic mass is 9.94. The summed E-state index contributed by atoms with van der Waals surface area (Å²) in [6.45, 7) is 3.32. The minimum absolute atomic E-state index is 0.327. The van der Waals surface area contributed by atoms with Crippen LogP contribution in [0.15, 0.2) is 78.9 Å². The van der Waals surface area contributed by atoms with Gasteiger partial charge in [-0.25, -0.2) is 4.79 Å². The number of benzene rings is 3. The lowest BCUT2D eigenvalue weighted by molar-refractivity contribution is -0.150. The minimum Gasteiger partial charge on any atom is -0.490 e. The second-order valence-corrected chi connectivity index (χ2v) is 7.92. The van der Waals surface area contributed by atoms with Crippen LogP contribution in [0.1, 0.15) is 35.6 Å². The van der Waals surface area contributed by atoms with Gasteiger partial charge in [-0.3, -0.25) is 0 Å². The van der Waals surface area contributed by atoms with Gasteiger partial charge in [0.05, 0.1) is 0 Å². The van der Waals surface area contributed by atoms with Gasteiger partial charge in [-0.05, 0) is 53.0 Å². The molecule has 3 aromatic rings. The Morgan fingerprint density at radius 2 is 1.76 bits per heavy atom.